The van der Waals surface area contributed by atoms with Crippen molar-refractivity contribution in [3.05, 3.63) is 42.0 Å². The van der Waals surface area contributed by atoms with E-state index in [4.69, 9.17) is 4.74 Å². The van der Waals surface area contributed by atoms with Gasteiger partial charge in [0, 0.05) is 0 Å². The summed E-state index contributed by atoms with van der Waals surface area (Å²) in [5.74, 6) is 0.731. The fraction of sp³-hybridized carbons (Fsp3) is 0.429. The van der Waals surface area contributed by atoms with Crippen molar-refractivity contribution >= 4 is 6.08 Å². The van der Waals surface area contributed by atoms with Crippen LogP contribution in [0.25, 0.3) is 6.08 Å². The highest BCUT2D eigenvalue weighted by Crippen LogP contribution is 2.39. The molecule has 0 radical (unpaired) electrons. The van der Waals surface area contributed by atoms with Gasteiger partial charge >= 0.3 is 0 Å². The Morgan fingerprint density at radius 3 is 2.73 bits per heavy atom. The summed E-state index contributed by atoms with van der Waals surface area (Å²) < 4.78 is 5.53. The van der Waals surface area contributed by atoms with Crippen molar-refractivity contribution in [2.75, 3.05) is 0 Å². The maximum Gasteiger partial charge on any atom is 0.0847 e. The van der Waals surface area contributed by atoms with Gasteiger partial charge in [0.15, 0.2) is 0 Å². The maximum absolute atomic E-state index is 5.53. The fourth-order valence-electron chi connectivity index (χ4n) is 2.42. The predicted octanol–water partition coefficient (Wildman–Crippen LogP) is 3.27. The smallest absolute Gasteiger partial charge is 0.0847 e. The van der Waals surface area contributed by atoms with E-state index in [0.717, 1.165) is 5.92 Å². The first-order valence-corrected chi connectivity index (χ1v) is 5.80. The summed E-state index contributed by atoms with van der Waals surface area (Å²) in [6.45, 7) is 0. The van der Waals surface area contributed by atoms with E-state index in [2.05, 4.69) is 42.5 Å². The van der Waals surface area contributed by atoms with Gasteiger partial charge in [-0.25, -0.2) is 0 Å². The second-order valence-corrected chi connectivity index (χ2v) is 4.56. The van der Waals surface area contributed by atoms with Crippen LogP contribution in [0.2, 0.25) is 0 Å². The van der Waals surface area contributed by atoms with Crippen LogP contribution in [-0.4, -0.2) is 12.2 Å². The van der Waals surface area contributed by atoms with E-state index in [1.807, 2.05) is 0 Å². The molecule has 0 bridgehead atoms. The molecule has 3 rings (SSSR count). The monoisotopic (exact) mass is 200 g/mol. The van der Waals surface area contributed by atoms with Gasteiger partial charge in [0.1, 0.15) is 0 Å². The summed E-state index contributed by atoms with van der Waals surface area (Å²) in [5.41, 5.74) is 1.30. The lowest BCUT2D eigenvalue weighted by Gasteiger charge is -2.14. The molecule has 0 N–H and O–H groups in total. The first-order chi connectivity index (χ1) is 7.42. The largest absolute Gasteiger partial charge is 0.370 e. The molecule has 3 unspecified atom stereocenters. The average Bonchev–Trinajstić information content (AvgIpc) is 3.06. The van der Waals surface area contributed by atoms with Crippen molar-refractivity contribution < 1.29 is 4.74 Å². The van der Waals surface area contributed by atoms with Crippen LogP contribution in [0.4, 0.5) is 0 Å². The molecule has 2 aliphatic rings. The van der Waals surface area contributed by atoms with E-state index < -0.39 is 0 Å². The van der Waals surface area contributed by atoms with Crippen LogP contribution in [0.3, 0.4) is 0 Å². The van der Waals surface area contributed by atoms with Crippen LogP contribution in [0.5, 0.6) is 0 Å². The van der Waals surface area contributed by atoms with Gasteiger partial charge in [-0.1, -0.05) is 42.5 Å². The number of ether oxygens (including phenoxy) is 1. The van der Waals surface area contributed by atoms with Gasteiger partial charge in [0.05, 0.1) is 12.2 Å². The minimum absolute atomic E-state index is 0.587. The molecule has 1 saturated heterocycles. The van der Waals surface area contributed by atoms with Crippen LogP contribution in [-0.2, 0) is 4.74 Å². The molecule has 1 heteroatoms. The molecule has 78 valence electrons. The molecule has 0 amide bonds. The lowest BCUT2D eigenvalue weighted by molar-refractivity contribution is 0.370. The number of fused-ring (bicyclic) bond motifs is 1. The minimum Gasteiger partial charge on any atom is -0.370 e. The molecule has 3 atom stereocenters. The lowest BCUT2D eigenvalue weighted by Crippen LogP contribution is -2.10. The first kappa shape index (κ1) is 9.17. The van der Waals surface area contributed by atoms with E-state index in [1.54, 1.807) is 0 Å². The maximum atomic E-state index is 5.53. The molecule has 1 aromatic rings. The van der Waals surface area contributed by atoms with Gasteiger partial charge in [0.2, 0.25) is 0 Å². The third-order valence-electron chi connectivity index (χ3n) is 3.41. The van der Waals surface area contributed by atoms with Gasteiger partial charge in [0.25, 0.3) is 0 Å². The average molecular weight is 200 g/mol. The van der Waals surface area contributed by atoms with Crippen molar-refractivity contribution in [2.24, 2.45) is 5.92 Å². The third kappa shape index (κ3) is 2.13. The van der Waals surface area contributed by atoms with Crippen molar-refractivity contribution in [3.63, 3.8) is 0 Å². The van der Waals surface area contributed by atoms with Crippen molar-refractivity contribution in [1.82, 2.24) is 0 Å². The molecular formula is C14H16O. The Morgan fingerprint density at radius 2 is 1.93 bits per heavy atom. The summed E-state index contributed by atoms with van der Waals surface area (Å²) in [5, 5.41) is 0. The van der Waals surface area contributed by atoms with Crippen LogP contribution in [0, 0.1) is 5.92 Å². The quantitative estimate of drug-likeness (QED) is 0.667. The molecule has 1 aliphatic carbocycles. The second-order valence-electron chi connectivity index (χ2n) is 4.56. The Labute approximate surface area is 90.8 Å². The number of epoxide rings is 1. The zero-order chi connectivity index (χ0) is 10.1. The van der Waals surface area contributed by atoms with Crippen LogP contribution in [0.15, 0.2) is 36.4 Å². The summed E-state index contributed by atoms with van der Waals surface area (Å²) in [6.07, 6.45) is 9.59. The highest BCUT2D eigenvalue weighted by atomic mass is 16.6. The third-order valence-corrected chi connectivity index (χ3v) is 3.41. The first-order valence-electron chi connectivity index (χ1n) is 5.80. The Kier molecular flexibility index (Phi) is 2.34. The zero-order valence-electron chi connectivity index (χ0n) is 8.80. The van der Waals surface area contributed by atoms with E-state index in [-0.39, 0.29) is 0 Å². The number of rotatable bonds is 2. The summed E-state index contributed by atoms with van der Waals surface area (Å²) in [7, 11) is 0. The Balaban J connectivity index is 1.62. The highest BCUT2D eigenvalue weighted by Gasteiger charge is 2.42. The van der Waals surface area contributed by atoms with E-state index in [9.17, 15) is 0 Å². The van der Waals surface area contributed by atoms with Gasteiger partial charge in [-0.15, -0.1) is 0 Å². The number of hydrogen-bond donors (Lipinski definition) is 0. The molecule has 1 aliphatic heterocycles. The molecule has 1 nitrogen and oxygen atoms in total. The standard InChI is InChI=1S/C14H16O/c1-2-4-11(5-3-1)6-7-12-8-9-13-14(10-12)15-13/h1-7,12-14H,8-10H2/b7-6+. The number of benzene rings is 1. The topological polar surface area (TPSA) is 12.5 Å². The van der Waals surface area contributed by atoms with E-state index in [1.165, 1.54) is 24.8 Å². The zero-order valence-corrected chi connectivity index (χ0v) is 8.80. The Hall–Kier alpha value is -1.08. The van der Waals surface area contributed by atoms with Crippen molar-refractivity contribution in [1.29, 1.82) is 0 Å². The second kappa shape index (κ2) is 3.82. The van der Waals surface area contributed by atoms with Crippen LogP contribution >= 0.6 is 0 Å². The molecule has 0 aromatic heterocycles. The fourth-order valence-corrected chi connectivity index (χ4v) is 2.42. The Bertz CT molecular complexity index is 355. The molecule has 1 saturated carbocycles. The lowest BCUT2D eigenvalue weighted by atomic mass is 9.89. The molecule has 1 aromatic carbocycles. The van der Waals surface area contributed by atoms with Gasteiger partial charge in [-0.05, 0) is 30.7 Å². The van der Waals surface area contributed by atoms with Gasteiger partial charge < -0.3 is 4.74 Å². The number of hydrogen-bond acceptors (Lipinski definition) is 1. The summed E-state index contributed by atoms with van der Waals surface area (Å²) in [4.78, 5) is 0. The molecule has 2 fully saturated rings. The summed E-state index contributed by atoms with van der Waals surface area (Å²) >= 11 is 0. The van der Waals surface area contributed by atoms with E-state index >= 15 is 0 Å². The van der Waals surface area contributed by atoms with Crippen LogP contribution in [0.1, 0.15) is 24.8 Å². The molecule has 1 heterocycles. The van der Waals surface area contributed by atoms with Gasteiger partial charge in [-0.3, -0.25) is 0 Å². The summed E-state index contributed by atoms with van der Waals surface area (Å²) in [6, 6.07) is 10.5. The normalized spacial score (nSPS) is 34.0. The molecule has 15 heavy (non-hydrogen) atoms. The predicted molar refractivity (Wildman–Crippen MR) is 61.5 cm³/mol. The SMILES string of the molecule is C(=C\C1CCC2OC2C1)/c1ccccc1. The molecule has 0 spiro atoms. The van der Waals surface area contributed by atoms with E-state index in [0.29, 0.717) is 12.2 Å². The number of allylic oxidation sites excluding steroid dienone is 1. The molecular weight excluding hydrogens is 184 g/mol. The van der Waals surface area contributed by atoms with Crippen molar-refractivity contribution in [2.45, 2.75) is 31.5 Å². The van der Waals surface area contributed by atoms with Crippen molar-refractivity contribution in [3.8, 4) is 0 Å². The Morgan fingerprint density at radius 1 is 1.07 bits per heavy atom. The highest BCUT2D eigenvalue weighted by molar-refractivity contribution is 5.49. The van der Waals surface area contributed by atoms with Gasteiger partial charge in [-0.2, -0.15) is 0 Å². The van der Waals surface area contributed by atoms with Crippen LogP contribution < -0.4 is 0 Å². The minimum atomic E-state index is 0.587.